The average molecular weight is 411 g/mol. The Hall–Kier alpha value is -3.83. The third-order valence-corrected chi connectivity index (χ3v) is 4.62. The summed E-state index contributed by atoms with van der Waals surface area (Å²) in [7, 11) is 0. The molecule has 1 aliphatic rings. The van der Waals surface area contributed by atoms with Gasteiger partial charge in [-0.05, 0) is 36.8 Å². The van der Waals surface area contributed by atoms with E-state index in [1.165, 1.54) is 18.2 Å². The van der Waals surface area contributed by atoms with Crippen molar-refractivity contribution in [2.24, 2.45) is 5.73 Å². The number of hydrogen-bond acceptors (Lipinski definition) is 6. The number of halogens is 1. The fourth-order valence-corrected chi connectivity index (χ4v) is 3.18. The number of anilines is 1. The zero-order valence-corrected chi connectivity index (χ0v) is 15.9. The molecular weight excluding hydrogens is 396 g/mol. The average Bonchev–Trinajstić information content (AvgIpc) is 2.69. The van der Waals surface area contributed by atoms with Gasteiger partial charge in [0.15, 0.2) is 0 Å². The van der Waals surface area contributed by atoms with Crippen LogP contribution < -0.4 is 11.1 Å². The van der Waals surface area contributed by atoms with Crippen molar-refractivity contribution in [2.45, 2.75) is 12.8 Å². The molecule has 3 N–H and O–H groups in total. The highest BCUT2D eigenvalue weighted by Gasteiger charge is 2.36. The summed E-state index contributed by atoms with van der Waals surface area (Å²) in [4.78, 5) is 23.7. The molecule has 9 heteroatoms. The number of rotatable bonds is 4. The smallest absolute Gasteiger partial charge is 0.269 e. The third-order valence-electron chi connectivity index (χ3n) is 4.37. The van der Waals surface area contributed by atoms with Crippen LogP contribution in [0.3, 0.4) is 0 Å². The molecule has 1 heterocycles. The minimum Gasteiger partial charge on any atom is -0.445 e. The monoisotopic (exact) mass is 410 g/mol. The van der Waals surface area contributed by atoms with Crippen LogP contribution in [0.15, 0.2) is 71.3 Å². The van der Waals surface area contributed by atoms with Crippen LogP contribution in [0.5, 0.6) is 0 Å². The molecule has 0 aliphatic carbocycles. The summed E-state index contributed by atoms with van der Waals surface area (Å²) >= 11 is 5.86. The van der Waals surface area contributed by atoms with E-state index in [1.54, 1.807) is 37.3 Å². The van der Waals surface area contributed by atoms with Gasteiger partial charge in [-0.1, -0.05) is 23.7 Å². The summed E-state index contributed by atoms with van der Waals surface area (Å²) in [5, 5.41) is 24.0. The SMILES string of the molecule is CC1=C(C(=O)Nc2ccc(Cl)cc2)[C@H](c2cccc([N+](=O)[O-])c2)C(C#N)=C(N)O1. The second kappa shape index (κ2) is 8.04. The van der Waals surface area contributed by atoms with Gasteiger partial charge in [0, 0.05) is 22.8 Å². The molecule has 0 spiro atoms. The van der Waals surface area contributed by atoms with Crippen LogP contribution in [-0.4, -0.2) is 10.8 Å². The molecule has 0 radical (unpaired) electrons. The van der Waals surface area contributed by atoms with E-state index in [0.717, 1.165) is 0 Å². The second-order valence-electron chi connectivity index (χ2n) is 6.21. The van der Waals surface area contributed by atoms with E-state index in [1.807, 2.05) is 6.07 Å². The number of ether oxygens (including phenoxy) is 1. The number of nitrogens with one attached hydrogen (secondary N) is 1. The lowest BCUT2D eigenvalue weighted by Gasteiger charge is -2.27. The first kappa shape index (κ1) is 19.9. The van der Waals surface area contributed by atoms with Gasteiger partial charge in [-0.2, -0.15) is 5.26 Å². The predicted octanol–water partition coefficient (Wildman–Crippen LogP) is 3.97. The molecule has 2 aromatic rings. The number of nitriles is 1. The highest BCUT2D eigenvalue weighted by Crippen LogP contribution is 2.40. The lowest BCUT2D eigenvalue weighted by atomic mass is 9.82. The summed E-state index contributed by atoms with van der Waals surface area (Å²) < 4.78 is 5.41. The molecule has 0 unspecified atom stereocenters. The van der Waals surface area contributed by atoms with Crippen LogP contribution >= 0.6 is 11.6 Å². The van der Waals surface area contributed by atoms with Gasteiger partial charge >= 0.3 is 0 Å². The van der Waals surface area contributed by atoms with Gasteiger partial charge < -0.3 is 15.8 Å². The largest absolute Gasteiger partial charge is 0.445 e. The minimum atomic E-state index is -0.916. The molecule has 2 aromatic carbocycles. The molecule has 1 amide bonds. The van der Waals surface area contributed by atoms with Gasteiger partial charge in [-0.15, -0.1) is 0 Å². The van der Waals surface area contributed by atoms with Crippen molar-refractivity contribution in [1.29, 1.82) is 5.26 Å². The Labute approximate surface area is 171 Å². The normalized spacial score (nSPS) is 16.1. The Morgan fingerprint density at radius 2 is 2.00 bits per heavy atom. The van der Waals surface area contributed by atoms with Crippen LogP contribution in [0.2, 0.25) is 5.02 Å². The molecule has 8 nitrogen and oxygen atoms in total. The summed E-state index contributed by atoms with van der Waals surface area (Å²) in [6.45, 7) is 1.54. The molecule has 146 valence electrons. The van der Waals surface area contributed by atoms with Gasteiger partial charge in [0.1, 0.15) is 17.4 Å². The van der Waals surface area contributed by atoms with Crippen molar-refractivity contribution in [2.75, 3.05) is 5.32 Å². The molecule has 1 atom stereocenters. The van der Waals surface area contributed by atoms with E-state index in [0.29, 0.717) is 16.3 Å². The number of non-ortho nitro benzene ring substituents is 1. The van der Waals surface area contributed by atoms with Crippen LogP contribution in [0, 0.1) is 21.4 Å². The Bertz CT molecular complexity index is 1100. The van der Waals surface area contributed by atoms with E-state index in [-0.39, 0.29) is 28.5 Å². The Kier molecular flexibility index (Phi) is 5.52. The number of carbonyl (C=O) groups is 1. The summed E-state index contributed by atoms with van der Waals surface area (Å²) in [6.07, 6.45) is 0. The lowest BCUT2D eigenvalue weighted by Crippen LogP contribution is -2.27. The zero-order valence-electron chi connectivity index (χ0n) is 15.2. The molecule has 29 heavy (non-hydrogen) atoms. The van der Waals surface area contributed by atoms with Crippen molar-refractivity contribution in [3.63, 3.8) is 0 Å². The quantitative estimate of drug-likeness (QED) is 0.579. The molecule has 0 saturated carbocycles. The van der Waals surface area contributed by atoms with E-state index in [4.69, 9.17) is 22.1 Å². The summed E-state index contributed by atoms with van der Waals surface area (Å²) in [6, 6.07) is 14.1. The second-order valence-corrected chi connectivity index (χ2v) is 6.64. The minimum absolute atomic E-state index is 0.00245. The van der Waals surface area contributed by atoms with E-state index >= 15 is 0 Å². The topological polar surface area (TPSA) is 131 Å². The maximum absolute atomic E-state index is 13.0. The molecule has 0 saturated heterocycles. The first-order valence-electron chi connectivity index (χ1n) is 8.41. The van der Waals surface area contributed by atoms with Crippen LogP contribution in [0.25, 0.3) is 0 Å². The number of hydrogen-bond donors (Lipinski definition) is 2. The molecule has 0 bridgehead atoms. The predicted molar refractivity (Wildman–Crippen MR) is 107 cm³/mol. The Morgan fingerprint density at radius 3 is 2.62 bits per heavy atom. The van der Waals surface area contributed by atoms with Gasteiger partial charge in [0.2, 0.25) is 5.88 Å². The van der Waals surface area contributed by atoms with Crippen molar-refractivity contribution in [3.05, 3.63) is 92.0 Å². The van der Waals surface area contributed by atoms with Crippen molar-refractivity contribution < 1.29 is 14.5 Å². The highest BCUT2D eigenvalue weighted by molar-refractivity contribution is 6.30. The number of benzene rings is 2. The summed E-state index contributed by atoms with van der Waals surface area (Å²) in [5.74, 6) is -1.39. The first-order valence-corrected chi connectivity index (χ1v) is 8.79. The fourth-order valence-electron chi connectivity index (χ4n) is 3.06. The van der Waals surface area contributed by atoms with E-state index in [2.05, 4.69) is 5.32 Å². The molecule has 3 rings (SSSR count). The molecule has 1 aliphatic heterocycles. The van der Waals surface area contributed by atoms with Crippen molar-refractivity contribution in [1.82, 2.24) is 0 Å². The van der Waals surface area contributed by atoms with Gasteiger partial charge in [-0.25, -0.2) is 0 Å². The van der Waals surface area contributed by atoms with E-state index in [9.17, 15) is 20.2 Å². The van der Waals surface area contributed by atoms with Gasteiger partial charge in [0.25, 0.3) is 11.6 Å². The number of nitro groups is 1. The number of carbonyl (C=O) groups excluding carboxylic acids is 1. The highest BCUT2D eigenvalue weighted by atomic mass is 35.5. The van der Waals surface area contributed by atoms with Crippen LogP contribution in [-0.2, 0) is 9.53 Å². The standard InChI is InChI=1S/C20H15ClN4O4/c1-11-17(20(26)24-14-7-5-13(21)6-8-14)18(16(10-22)19(23)29-11)12-3-2-4-15(9-12)25(27)28/h2-9,18H,23H2,1H3,(H,24,26)/t18-/m1/s1. The molecule has 0 aromatic heterocycles. The van der Waals surface area contributed by atoms with Gasteiger partial charge in [0.05, 0.1) is 16.4 Å². The molecule has 0 fully saturated rings. The number of amides is 1. The maximum Gasteiger partial charge on any atom is 0.269 e. The maximum atomic E-state index is 13.0. The Morgan fingerprint density at radius 1 is 1.31 bits per heavy atom. The van der Waals surface area contributed by atoms with Gasteiger partial charge in [-0.3, -0.25) is 14.9 Å². The fraction of sp³-hybridized carbons (Fsp3) is 0.100. The lowest BCUT2D eigenvalue weighted by molar-refractivity contribution is -0.384. The number of nitrogens with zero attached hydrogens (tertiary/aromatic N) is 2. The zero-order chi connectivity index (χ0) is 21.1. The number of nitro benzene ring substituents is 1. The van der Waals surface area contributed by atoms with Crippen molar-refractivity contribution in [3.8, 4) is 6.07 Å². The number of nitrogens with two attached hydrogens (primary N) is 1. The first-order chi connectivity index (χ1) is 13.8. The third kappa shape index (κ3) is 4.05. The summed E-state index contributed by atoms with van der Waals surface area (Å²) in [5.41, 5.74) is 6.68. The van der Waals surface area contributed by atoms with Crippen LogP contribution in [0.4, 0.5) is 11.4 Å². The number of allylic oxidation sites excluding steroid dienone is 2. The van der Waals surface area contributed by atoms with E-state index < -0.39 is 16.7 Å². The Balaban J connectivity index is 2.07. The van der Waals surface area contributed by atoms with Crippen LogP contribution in [0.1, 0.15) is 18.4 Å². The molecular formula is C20H15ClN4O4. The van der Waals surface area contributed by atoms with Crippen molar-refractivity contribution >= 4 is 28.9 Å².